The lowest BCUT2D eigenvalue weighted by Crippen LogP contribution is -2.34. The summed E-state index contributed by atoms with van der Waals surface area (Å²) >= 11 is 0. The van der Waals surface area contributed by atoms with Crippen molar-refractivity contribution in [3.63, 3.8) is 0 Å². The molecule has 0 aromatic carbocycles. The molecule has 0 aliphatic carbocycles. The second-order valence-electron chi connectivity index (χ2n) is 5.69. The van der Waals surface area contributed by atoms with Crippen LogP contribution in [0.1, 0.15) is 65.5 Å². The Labute approximate surface area is 124 Å². The molecule has 114 valence electrons. The molecule has 1 heterocycles. The summed E-state index contributed by atoms with van der Waals surface area (Å²) in [6.45, 7) is 13.2. The molecule has 3 heteroatoms. The summed E-state index contributed by atoms with van der Waals surface area (Å²) in [4.78, 5) is 7.11. The number of hydrogen-bond donors (Lipinski definition) is 1. The standard InChI is InChI=1S/C17H31N3/c1-6-8-9-13-20(14(3)4)17-16(11-10-12-19-17)15(5)18-7-2/h10-12,14-15,18H,6-9,13H2,1-5H3. The fraction of sp³-hybridized carbons (Fsp3) is 0.706. The third-order valence-electron chi connectivity index (χ3n) is 3.69. The van der Waals surface area contributed by atoms with Gasteiger partial charge in [0, 0.05) is 30.4 Å². The maximum Gasteiger partial charge on any atom is 0.133 e. The molecule has 1 aromatic heterocycles. The average Bonchev–Trinajstić information content (AvgIpc) is 2.43. The van der Waals surface area contributed by atoms with Crippen LogP contribution in [0.4, 0.5) is 5.82 Å². The first kappa shape index (κ1) is 17.0. The lowest BCUT2D eigenvalue weighted by Gasteiger charge is -2.31. The molecule has 0 aliphatic rings. The van der Waals surface area contributed by atoms with Crippen molar-refractivity contribution in [1.82, 2.24) is 10.3 Å². The Morgan fingerprint density at radius 1 is 1.20 bits per heavy atom. The van der Waals surface area contributed by atoms with Crippen molar-refractivity contribution in [3.05, 3.63) is 23.9 Å². The van der Waals surface area contributed by atoms with Crippen LogP contribution in [-0.2, 0) is 0 Å². The zero-order valence-corrected chi connectivity index (χ0v) is 13.8. The van der Waals surface area contributed by atoms with Gasteiger partial charge in [-0.1, -0.05) is 32.8 Å². The molecule has 1 N–H and O–H groups in total. The van der Waals surface area contributed by atoms with Gasteiger partial charge in [-0.25, -0.2) is 4.98 Å². The van der Waals surface area contributed by atoms with E-state index in [-0.39, 0.29) is 0 Å². The van der Waals surface area contributed by atoms with Gasteiger partial charge in [0.25, 0.3) is 0 Å². The van der Waals surface area contributed by atoms with Gasteiger partial charge >= 0.3 is 0 Å². The van der Waals surface area contributed by atoms with E-state index in [0.29, 0.717) is 12.1 Å². The Hall–Kier alpha value is -1.09. The Balaban J connectivity index is 2.94. The van der Waals surface area contributed by atoms with E-state index in [0.717, 1.165) is 18.9 Å². The Morgan fingerprint density at radius 3 is 2.55 bits per heavy atom. The van der Waals surface area contributed by atoms with E-state index in [9.17, 15) is 0 Å². The zero-order chi connectivity index (χ0) is 15.0. The number of anilines is 1. The molecule has 0 amide bonds. The van der Waals surface area contributed by atoms with Crippen molar-refractivity contribution in [3.8, 4) is 0 Å². The Kier molecular flexibility index (Phi) is 7.60. The van der Waals surface area contributed by atoms with Crippen LogP contribution in [-0.4, -0.2) is 24.1 Å². The van der Waals surface area contributed by atoms with Crippen LogP contribution in [0.2, 0.25) is 0 Å². The van der Waals surface area contributed by atoms with E-state index < -0.39 is 0 Å². The number of pyridine rings is 1. The van der Waals surface area contributed by atoms with Crippen molar-refractivity contribution >= 4 is 5.82 Å². The molecule has 3 nitrogen and oxygen atoms in total. The molecule has 0 radical (unpaired) electrons. The molecule has 0 bridgehead atoms. The van der Waals surface area contributed by atoms with Gasteiger partial charge in [0.05, 0.1) is 0 Å². The first-order valence-electron chi connectivity index (χ1n) is 8.06. The van der Waals surface area contributed by atoms with E-state index in [4.69, 9.17) is 0 Å². The highest BCUT2D eigenvalue weighted by Gasteiger charge is 2.18. The fourth-order valence-corrected chi connectivity index (χ4v) is 2.54. The minimum atomic E-state index is 0.344. The number of unbranched alkanes of at least 4 members (excludes halogenated alkanes) is 2. The third-order valence-corrected chi connectivity index (χ3v) is 3.69. The van der Waals surface area contributed by atoms with E-state index in [1.807, 2.05) is 12.3 Å². The van der Waals surface area contributed by atoms with Crippen LogP contribution in [0.15, 0.2) is 18.3 Å². The average molecular weight is 277 g/mol. The number of nitrogens with one attached hydrogen (secondary N) is 1. The summed E-state index contributed by atoms with van der Waals surface area (Å²) in [7, 11) is 0. The highest BCUT2D eigenvalue weighted by molar-refractivity contribution is 5.49. The van der Waals surface area contributed by atoms with Crippen LogP contribution in [0.3, 0.4) is 0 Å². The number of rotatable bonds is 9. The van der Waals surface area contributed by atoms with Crippen molar-refractivity contribution in [2.75, 3.05) is 18.0 Å². The Morgan fingerprint density at radius 2 is 1.95 bits per heavy atom. The maximum absolute atomic E-state index is 4.67. The summed E-state index contributed by atoms with van der Waals surface area (Å²) in [6, 6.07) is 5.06. The smallest absolute Gasteiger partial charge is 0.133 e. The van der Waals surface area contributed by atoms with Crippen LogP contribution < -0.4 is 10.2 Å². The van der Waals surface area contributed by atoms with Crippen LogP contribution >= 0.6 is 0 Å². The molecule has 1 aromatic rings. The van der Waals surface area contributed by atoms with Crippen molar-refractivity contribution in [2.45, 2.75) is 66.0 Å². The molecule has 1 atom stereocenters. The van der Waals surface area contributed by atoms with Crippen molar-refractivity contribution in [2.24, 2.45) is 0 Å². The summed E-state index contributed by atoms with van der Waals surface area (Å²) < 4.78 is 0. The topological polar surface area (TPSA) is 28.2 Å². The van der Waals surface area contributed by atoms with Crippen LogP contribution in [0.25, 0.3) is 0 Å². The fourth-order valence-electron chi connectivity index (χ4n) is 2.54. The summed E-state index contributed by atoms with van der Waals surface area (Å²) in [6.07, 6.45) is 5.69. The Bertz CT molecular complexity index is 376. The van der Waals surface area contributed by atoms with E-state index in [1.165, 1.54) is 24.8 Å². The van der Waals surface area contributed by atoms with Crippen molar-refractivity contribution in [1.29, 1.82) is 0 Å². The first-order valence-corrected chi connectivity index (χ1v) is 8.06. The largest absolute Gasteiger partial charge is 0.354 e. The molecule has 1 rings (SSSR count). The summed E-state index contributed by atoms with van der Waals surface area (Å²) in [5, 5.41) is 3.50. The molecule has 0 spiro atoms. The number of nitrogens with zero attached hydrogens (tertiary/aromatic N) is 2. The third kappa shape index (κ3) is 4.78. The van der Waals surface area contributed by atoms with Gasteiger partial charge < -0.3 is 10.2 Å². The minimum absolute atomic E-state index is 0.344. The van der Waals surface area contributed by atoms with Gasteiger partial charge in [0.1, 0.15) is 5.82 Å². The van der Waals surface area contributed by atoms with Gasteiger partial charge in [-0.2, -0.15) is 0 Å². The number of aromatic nitrogens is 1. The molecule has 0 fully saturated rings. The number of hydrogen-bond acceptors (Lipinski definition) is 3. The second kappa shape index (κ2) is 8.96. The maximum atomic E-state index is 4.67. The highest BCUT2D eigenvalue weighted by Crippen LogP contribution is 2.25. The van der Waals surface area contributed by atoms with Crippen molar-refractivity contribution < 1.29 is 0 Å². The highest BCUT2D eigenvalue weighted by atomic mass is 15.2. The van der Waals surface area contributed by atoms with Gasteiger partial charge in [0.15, 0.2) is 0 Å². The van der Waals surface area contributed by atoms with E-state index in [2.05, 4.69) is 55.9 Å². The molecule has 0 saturated carbocycles. The molecule has 0 saturated heterocycles. The van der Waals surface area contributed by atoms with E-state index >= 15 is 0 Å². The molecule has 0 aliphatic heterocycles. The minimum Gasteiger partial charge on any atom is -0.354 e. The van der Waals surface area contributed by atoms with Crippen LogP contribution in [0, 0.1) is 0 Å². The first-order chi connectivity index (χ1) is 9.61. The van der Waals surface area contributed by atoms with Gasteiger partial charge in [0.2, 0.25) is 0 Å². The summed E-state index contributed by atoms with van der Waals surface area (Å²) in [5.41, 5.74) is 1.31. The van der Waals surface area contributed by atoms with E-state index in [1.54, 1.807) is 0 Å². The molecule has 1 unspecified atom stereocenters. The predicted octanol–water partition coefficient (Wildman–Crippen LogP) is 4.16. The van der Waals surface area contributed by atoms with Gasteiger partial charge in [-0.15, -0.1) is 0 Å². The molecule has 20 heavy (non-hydrogen) atoms. The van der Waals surface area contributed by atoms with Gasteiger partial charge in [-0.05, 0) is 39.8 Å². The lowest BCUT2D eigenvalue weighted by atomic mass is 10.1. The molecular weight excluding hydrogens is 246 g/mol. The summed E-state index contributed by atoms with van der Waals surface area (Å²) in [5.74, 6) is 1.15. The normalized spacial score (nSPS) is 12.7. The second-order valence-corrected chi connectivity index (χ2v) is 5.69. The molecular formula is C17H31N3. The zero-order valence-electron chi connectivity index (χ0n) is 13.8. The SMILES string of the molecule is CCCCCN(c1ncccc1C(C)NCC)C(C)C. The quantitative estimate of drug-likeness (QED) is 0.687. The lowest BCUT2D eigenvalue weighted by molar-refractivity contribution is 0.578. The predicted molar refractivity (Wildman–Crippen MR) is 88.3 cm³/mol. The van der Waals surface area contributed by atoms with Crippen LogP contribution in [0.5, 0.6) is 0 Å². The monoisotopic (exact) mass is 277 g/mol. The van der Waals surface area contributed by atoms with Gasteiger partial charge in [-0.3, -0.25) is 0 Å².